The molecule has 1 aliphatic carbocycles. The number of terminal acetylenes is 1. The number of esters is 1. The molecule has 1 aromatic carbocycles. The third-order valence-corrected chi connectivity index (χ3v) is 5.42. The summed E-state index contributed by atoms with van der Waals surface area (Å²) in [6.45, 7) is 9.92. The summed E-state index contributed by atoms with van der Waals surface area (Å²) >= 11 is 0. The normalized spacial score (nSPS) is 21.2. The van der Waals surface area contributed by atoms with Crippen LogP contribution in [-0.2, 0) is 9.53 Å². The van der Waals surface area contributed by atoms with E-state index in [1.165, 1.54) is 0 Å². The van der Waals surface area contributed by atoms with Crippen LogP contribution in [0.3, 0.4) is 0 Å². The maximum absolute atomic E-state index is 12.5. The second kappa shape index (κ2) is 8.31. The first-order valence-corrected chi connectivity index (χ1v) is 9.14. The van der Waals surface area contributed by atoms with E-state index in [4.69, 9.17) is 11.2 Å². The summed E-state index contributed by atoms with van der Waals surface area (Å²) in [5.74, 6) is 2.54. The number of hydrogen-bond acceptors (Lipinski definition) is 3. The third kappa shape index (κ3) is 4.52. The van der Waals surface area contributed by atoms with Gasteiger partial charge in [0.15, 0.2) is 0 Å². The first kappa shape index (κ1) is 20.6. The van der Waals surface area contributed by atoms with Crippen molar-refractivity contribution in [1.29, 1.82) is 0 Å². The molecule has 2 unspecified atom stereocenters. The number of carbonyl (C=O) groups is 1. The Bertz CT molecular complexity index is 804. The van der Waals surface area contributed by atoms with E-state index in [1.54, 1.807) is 6.08 Å². The molecule has 2 rings (SSSR count). The van der Waals surface area contributed by atoms with E-state index in [9.17, 15) is 4.79 Å². The Hall–Kier alpha value is -2.73. The van der Waals surface area contributed by atoms with Crippen LogP contribution in [-0.4, -0.2) is 26.7 Å². The molecule has 0 N–H and O–H groups in total. The molecule has 2 atom stereocenters. The molecule has 1 aromatic rings. The van der Waals surface area contributed by atoms with E-state index in [0.717, 1.165) is 16.8 Å². The van der Waals surface area contributed by atoms with Gasteiger partial charge in [-0.25, -0.2) is 0 Å². The number of benzene rings is 1. The second-order valence-corrected chi connectivity index (χ2v) is 7.74. The average molecular weight is 364 g/mol. The van der Waals surface area contributed by atoms with Crippen LogP contribution in [0.2, 0.25) is 0 Å². The predicted octanol–water partition coefficient (Wildman–Crippen LogP) is 4.72. The van der Waals surface area contributed by atoms with Crippen LogP contribution in [0.5, 0.6) is 0 Å². The van der Waals surface area contributed by atoms with E-state index >= 15 is 0 Å². The molecule has 0 radical (unpaired) electrons. The van der Waals surface area contributed by atoms with E-state index in [1.807, 2.05) is 62.3 Å². The van der Waals surface area contributed by atoms with Crippen molar-refractivity contribution in [3.8, 4) is 12.3 Å². The highest BCUT2D eigenvalue weighted by Gasteiger charge is 2.61. The monoisotopic (exact) mass is 363 g/mol. The Labute approximate surface area is 163 Å². The van der Waals surface area contributed by atoms with Gasteiger partial charge < -0.3 is 9.64 Å². The highest BCUT2D eigenvalue weighted by molar-refractivity contribution is 5.79. The van der Waals surface area contributed by atoms with Crippen molar-refractivity contribution in [2.24, 2.45) is 17.3 Å². The number of hydrogen-bond donors (Lipinski definition) is 0. The molecule has 0 aromatic heterocycles. The molecular weight excluding hydrogens is 334 g/mol. The van der Waals surface area contributed by atoms with E-state index in [-0.39, 0.29) is 29.8 Å². The van der Waals surface area contributed by atoms with Gasteiger partial charge in [0.25, 0.3) is 0 Å². The number of rotatable bonds is 7. The van der Waals surface area contributed by atoms with E-state index < -0.39 is 0 Å². The van der Waals surface area contributed by atoms with Crippen LogP contribution in [0.4, 0.5) is 5.69 Å². The van der Waals surface area contributed by atoms with Gasteiger partial charge in [-0.15, -0.1) is 6.42 Å². The standard InChI is InChI=1S/C24H29NO2/c1-8-10-11-21-22(24(21,4)5)23(26)27-16-18(9-2)17(3)19-12-14-20(15-13-19)25(6)7/h2,8,10-15,21-22H,1,16H2,3-7H3. The van der Waals surface area contributed by atoms with Crippen LogP contribution in [0.25, 0.3) is 5.57 Å². The molecule has 1 aliphatic rings. The van der Waals surface area contributed by atoms with Crippen LogP contribution in [0.1, 0.15) is 26.3 Å². The molecule has 1 saturated carbocycles. The fourth-order valence-electron chi connectivity index (χ4n) is 3.36. The molecule has 0 amide bonds. The van der Waals surface area contributed by atoms with Crippen molar-refractivity contribution < 1.29 is 9.53 Å². The lowest BCUT2D eigenvalue weighted by atomic mass is 10.0. The Balaban J connectivity index is 2.07. The van der Waals surface area contributed by atoms with Crippen LogP contribution in [0.15, 0.2) is 54.6 Å². The summed E-state index contributed by atoms with van der Waals surface area (Å²) < 4.78 is 5.56. The number of anilines is 1. The molecule has 3 heteroatoms. The van der Waals surface area contributed by atoms with Crippen LogP contribution < -0.4 is 4.90 Å². The average Bonchev–Trinajstić information content (AvgIpc) is 3.20. The zero-order chi connectivity index (χ0) is 20.2. The van der Waals surface area contributed by atoms with Crippen molar-refractivity contribution >= 4 is 17.2 Å². The van der Waals surface area contributed by atoms with Gasteiger partial charge in [0.1, 0.15) is 6.61 Å². The molecular formula is C24H29NO2. The highest BCUT2D eigenvalue weighted by Crippen LogP contribution is 2.59. The lowest BCUT2D eigenvalue weighted by Gasteiger charge is -2.14. The summed E-state index contributed by atoms with van der Waals surface area (Å²) in [6.07, 6.45) is 11.3. The quantitative estimate of drug-likeness (QED) is 0.399. The van der Waals surface area contributed by atoms with Gasteiger partial charge in [0.05, 0.1) is 5.92 Å². The number of ether oxygens (including phenoxy) is 1. The molecule has 0 aliphatic heterocycles. The van der Waals surface area contributed by atoms with Gasteiger partial charge in [-0.1, -0.05) is 56.7 Å². The van der Waals surface area contributed by atoms with Gasteiger partial charge in [0.2, 0.25) is 0 Å². The zero-order valence-corrected chi connectivity index (χ0v) is 17.0. The lowest BCUT2D eigenvalue weighted by Crippen LogP contribution is -2.13. The molecule has 1 fully saturated rings. The van der Waals surface area contributed by atoms with Crippen molar-refractivity contribution in [2.45, 2.75) is 20.8 Å². The smallest absolute Gasteiger partial charge is 0.310 e. The summed E-state index contributed by atoms with van der Waals surface area (Å²) in [6, 6.07) is 8.15. The van der Waals surface area contributed by atoms with Crippen LogP contribution >= 0.6 is 0 Å². The van der Waals surface area contributed by atoms with Gasteiger partial charge in [-0.3, -0.25) is 4.79 Å². The van der Waals surface area contributed by atoms with Crippen molar-refractivity contribution in [3.05, 3.63) is 60.2 Å². The Morgan fingerprint density at radius 1 is 1.33 bits per heavy atom. The van der Waals surface area contributed by atoms with Crippen molar-refractivity contribution in [2.75, 3.05) is 25.6 Å². The van der Waals surface area contributed by atoms with E-state index in [0.29, 0.717) is 5.57 Å². The van der Waals surface area contributed by atoms with Crippen LogP contribution in [0, 0.1) is 29.6 Å². The summed E-state index contributed by atoms with van der Waals surface area (Å²) in [5.41, 5.74) is 3.71. The minimum absolute atomic E-state index is 0.0896. The first-order valence-electron chi connectivity index (χ1n) is 9.14. The fourth-order valence-corrected chi connectivity index (χ4v) is 3.36. The molecule has 142 valence electrons. The highest BCUT2D eigenvalue weighted by atomic mass is 16.5. The topological polar surface area (TPSA) is 29.5 Å². The van der Waals surface area contributed by atoms with Gasteiger partial charge >= 0.3 is 5.97 Å². The number of carbonyl (C=O) groups excluding carboxylic acids is 1. The minimum atomic E-state index is -0.192. The molecule has 0 saturated heterocycles. The Morgan fingerprint density at radius 3 is 2.48 bits per heavy atom. The largest absolute Gasteiger partial charge is 0.460 e. The van der Waals surface area contributed by atoms with Crippen molar-refractivity contribution in [3.63, 3.8) is 0 Å². The summed E-state index contributed by atoms with van der Waals surface area (Å²) in [7, 11) is 4.00. The Kier molecular flexibility index (Phi) is 6.33. The second-order valence-electron chi connectivity index (χ2n) is 7.74. The van der Waals surface area contributed by atoms with Gasteiger partial charge in [-0.2, -0.15) is 0 Å². The molecule has 0 spiro atoms. The summed E-state index contributed by atoms with van der Waals surface area (Å²) in [4.78, 5) is 14.6. The van der Waals surface area contributed by atoms with Crippen molar-refractivity contribution in [1.82, 2.24) is 0 Å². The first-order chi connectivity index (χ1) is 12.7. The fraction of sp³-hybridized carbons (Fsp3) is 0.375. The van der Waals surface area contributed by atoms with Gasteiger partial charge in [0, 0.05) is 25.4 Å². The Morgan fingerprint density at radius 2 is 1.96 bits per heavy atom. The molecule has 27 heavy (non-hydrogen) atoms. The maximum Gasteiger partial charge on any atom is 0.310 e. The number of allylic oxidation sites excluding steroid dienone is 4. The third-order valence-electron chi connectivity index (χ3n) is 5.42. The minimum Gasteiger partial charge on any atom is -0.460 e. The maximum atomic E-state index is 12.5. The molecule has 3 nitrogen and oxygen atoms in total. The number of nitrogens with zero attached hydrogens (tertiary/aromatic N) is 1. The van der Waals surface area contributed by atoms with Gasteiger partial charge in [-0.05, 0) is 41.5 Å². The lowest BCUT2D eigenvalue weighted by molar-refractivity contribution is -0.145. The SMILES string of the molecule is C#CC(COC(=O)C1C(C=CC=C)C1(C)C)=C(C)c1ccc(N(C)C)cc1. The predicted molar refractivity (Wildman–Crippen MR) is 113 cm³/mol. The summed E-state index contributed by atoms with van der Waals surface area (Å²) in [5, 5.41) is 0. The molecule has 0 bridgehead atoms. The van der Waals surface area contributed by atoms with E-state index in [2.05, 4.69) is 26.3 Å². The molecule has 0 heterocycles. The zero-order valence-electron chi connectivity index (χ0n) is 17.0.